The summed E-state index contributed by atoms with van der Waals surface area (Å²) in [5.74, 6) is 0.758. The van der Waals surface area contributed by atoms with E-state index in [0.717, 1.165) is 25.7 Å². The first-order valence-electron chi connectivity index (χ1n) is 6.43. The summed E-state index contributed by atoms with van der Waals surface area (Å²) in [6.45, 7) is 7.61. The molecule has 0 saturated carbocycles. The molecule has 1 unspecified atom stereocenters. The molecule has 2 N–H and O–H groups in total. The van der Waals surface area contributed by atoms with E-state index in [0.29, 0.717) is 19.1 Å². The van der Waals surface area contributed by atoms with Crippen LogP contribution in [0.25, 0.3) is 0 Å². The highest BCUT2D eigenvalue weighted by molar-refractivity contribution is 7.89. The second kappa shape index (κ2) is 8.89. The molecule has 0 aliphatic rings. The minimum absolute atomic E-state index is 0.0328. The molecule has 0 bridgehead atoms. The summed E-state index contributed by atoms with van der Waals surface area (Å²) < 4.78 is 27.6. The Morgan fingerprint density at radius 1 is 1.24 bits per heavy atom. The SMILES string of the molecule is CCCC(COCCCC(C)C)CS(N)(=O)=O. The van der Waals surface area contributed by atoms with Crippen LogP contribution < -0.4 is 5.14 Å². The topological polar surface area (TPSA) is 69.4 Å². The van der Waals surface area contributed by atoms with Gasteiger partial charge in [-0.2, -0.15) is 0 Å². The van der Waals surface area contributed by atoms with Gasteiger partial charge in [-0.25, -0.2) is 13.6 Å². The molecule has 0 saturated heterocycles. The van der Waals surface area contributed by atoms with E-state index in [1.807, 2.05) is 6.92 Å². The maximum absolute atomic E-state index is 11.0. The second-order valence-corrected chi connectivity index (χ2v) is 6.75. The first-order chi connectivity index (χ1) is 7.85. The molecule has 0 aromatic carbocycles. The molecule has 0 aromatic heterocycles. The molecule has 1 atom stereocenters. The smallest absolute Gasteiger partial charge is 0.209 e. The van der Waals surface area contributed by atoms with Crippen LogP contribution in [0.15, 0.2) is 0 Å². The zero-order valence-corrected chi connectivity index (χ0v) is 12.1. The van der Waals surface area contributed by atoms with Crippen LogP contribution in [0.4, 0.5) is 0 Å². The Labute approximate surface area is 106 Å². The normalized spacial score (nSPS) is 14.2. The van der Waals surface area contributed by atoms with Crippen LogP contribution in [0.3, 0.4) is 0 Å². The van der Waals surface area contributed by atoms with Crippen molar-refractivity contribution in [1.82, 2.24) is 0 Å². The van der Waals surface area contributed by atoms with Gasteiger partial charge in [-0.1, -0.05) is 27.2 Å². The molecular formula is C12H27NO3S. The molecule has 0 rings (SSSR count). The van der Waals surface area contributed by atoms with Gasteiger partial charge in [0, 0.05) is 6.61 Å². The molecule has 0 aromatic rings. The van der Waals surface area contributed by atoms with Gasteiger partial charge in [-0.05, 0) is 31.1 Å². The molecule has 104 valence electrons. The van der Waals surface area contributed by atoms with Crippen molar-refractivity contribution in [2.24, 2.45) is 17.0 Å². The summed E-state index contributed by atoms with van der Waals surface area (Å²) in [7, 11) is -3.38. The van der Waals surface area contributed by atoms with Crippen molar-refractivity contribution >= 4 is 10.0 Å². The van der Waals surface area contributed by atoms with E-state index in [2.05, 4.69) is 13.8 Å². The van der Waals surface area contributed by atoms with Crippen molar-refractivity contribution in [3.63, 3.8) is 0 Å². The highest BCUT2D eigenvalue weighted by atomic mass is 32.2. The lowest BCUT2D eigenvalue weighted by atomic mass is 10.1. The third-order valence-electron chi connectivity index (χ3n) is 2.59. The van der Waals surface area contributed by atoms with Crippen molar-refractivity contribution in [2.45, 2.75) is 46.5 Å². The Bertz CT molecular complexity index is 275. The Morgan fingerprint density at radius 3 is 2.35 bits per heavy atom. The maximum Gasteiger partial charge on any atom is 0.209 e. The molecular weight excluding hydrogens is 238 g/mol. The largest absolute Gasteiger partial charge is 0.381 e. The third-order valence-corrected chi connectivity index (χ3v) is 3.52. The number of primary sulfonamides is 1. The predicted molar refractivity (Wildman–Crippen MR) is 71.3 cm³/mol. The molecule has 0 amide bonds. The van der Waals surface area contributed by atoms with Crippen molar-refractivity contribution in [1.29, 1.82) is 0 Å². The quantitative estimate of drug-likeness (QED) is 0.615. The van der Waals surface area contributed by atoms with Crippen LogP contribution >= 0.6 is 0 Å². The number of rotatable bonds is 10. The number of nitrogens with two attached hydrogens (primary N) is 1. The zero-order chi connectivity index (χ0) is 13.3. The molecule has 5 heteroatoms. The van der Waals surface area contributed by atoms with Crippen LogP contribution in [0, 0.1) is 11.8 Å². The van der Waals surface area contributed by atoms with Crippen LogP contribution in [0.5, 0.6) is 0 Å². The van der Waals surface area contributed by atoms with E-state index in [9.17, 15) is 8.42 Å². The number of ether oxygens (including phenoxy) is 1. The van der Waals surface area contributed by atoms with E-state index < -0.39 is 10.0 Å². The number of sulfonamides is 1. The first kappa shape index (κ1) is 16.9. The summed E-state index contributed by atoms with van der Waals surface area (Å²) >= 11 is 0. The molecule has 0 radical (unpaired) electrons. The van der Waals surface area contributed by atoms with Crippen LogP contribution in [0.2, 0.25) is 0 Å². The van der Waals surface area contributed by atoms with E-state index in [-0.39, 0.29) is 11.7 Å². The molecule has 0 spiro atoms. The Morgan fingerprint density at radius 2 is 1.88 bits per heavy atom. The van der Waals surface area contributed by atoms with Crippen molar-refractivity contribution in [3.05, 3.63) is 0 Å². The van der Waals surface area contributed by atoms with Crippen molar-refractivity contribution in [2.75, 3.05) is 19.0 Å². The first-order valence-corrected chi connectivity index (χ1v) is 8.15. The summed E-state index contributed by atoms with van der Waals surface area (Å²) in [5.41, 5.74) is 0. The molecule has 17 heavy (non-hydrogen) atoms. The fourth-order valence-electron chi connectivity index (χ4n) is 1.80. The van der Waals surface area contributed by atoms with E-state index in [4.69, 9.17) is 9.88 Å². The van der Waals surface area contributed by atoms with Crippen LogP contribution in [-0.2, 0) is 14.8 Å². The average Bonchev–Trinajstić information content (AvgIpc) is 2.14. The molecule has 0 aliphatic heterocycles. The van der Waals surface area contributed by atoms with Gasteiger partial charge >= 0.3 is 0 Å². The molecule has 0 heterocycles. The maximum atomic E-state index is 11.0. The minimum atomic E-state index is -3.38. The highest BCUT2D eigenvalue weighted by Gasteiger charge is 2.15. The summed E-state index contributed by atoms with van der Waals surface area (Å²) in [4.78, 5) is 0. The average molecular weight is 265 g/mol. The van der Waals surface area contributed by atoms with Gasteiger partial charge in [0.15, 0.2) is 0 Å². The summed E-state index contributed by atoms with van der Waals surface area (Å²) in [6, 6.07) is 0. The van der Waals surface area contributed by atoms with Gasteiger partial charge in [0.05, 0.1) is 12.4 Å². The molecule has 4 nitrogen and oxygen atoms in total. The van der Waals surface area contributed by atoms with Crippen LogP contribution in [0.1, 0.15) is 46.5 Å². The van der Waals surface area contributed by atoms with E-state index >= 15 is 0 Å². The zero-order valence-electron chi connectivity index (χ0n) is 11.3. The van der Waals surface area contributed by atoms with Gasteiger partial charge in [0.1, 0.15) is 0 Å². The highest BCUT2D eigenvalue weighted by Crippen LogP contribution is 2.10. The minimum Gasteiger partial charge on any atom is -0.381 e. The fraction of sp³-hybridized carbons (Fsp3) is 1.00. The second-order valence-electron chi connectivity index (χ2n) is 5.10. The Balaban J connectivity index is 3.78. The lowest BCUT2D eigenvalue weighted by Gasteiger charge is -2.15. The van der Waals surface area contributed by atoms with Gasteiger partial charge in [-0.15, -0.1) is 0 Å². The van der Waals surface area contributed by atoms with Gasteiger partial charge in [-0.3, -0.25) is 0 Å². The number of hydrogen-bond acceptors (Lipinski definition) is 3. The lowest BCUT2D eigenvalue weighted by molar-refractivity contribution is 0.0976. The number of hydrogen-bond donors (Lipinski definition) is 1. The van der Waals surface area contributed by atoms with Gasteiger partial charge < -0.3 is 4.74 Å². The fourth-order valence-corrected chi connectivity index (χ4v) is 2.72. The van der Waals surface area contributed by atoms with E-state index in [1.54, 1.807) is 0 Å². The monoisotopic (exact) mass is 265 g/mol. The van der Waals surface area contributed by atoms with E-state index in [1.165, 1.54) is 0 Å². The standard InChI is InChI=1S/C12H27NO3S/c1-4-6-12(10-17(13,14)15)9-16-8-5-7-11(2)3/h11-12H,4-10H2,1-3H3,(H2,13,14,15). The Hall–Kier alpha value is -0.130. The summed E-state index contributed by atoms with van der Waals surface area (Å²) in [5, 5.41) is 5.05. The van der Waals surface area contributed by atoms with Crippen molar-refractivity contribution in [3.8, 4) is 0 Å². The lowest BCUT2D eigenvalue weighted by Crippen LogP contribution is -2.26. The Kier molecular flexibility index (Phi) is 8.82. The molecule has 0 fully saturated rings. The third kappa shape index (κ3) is 12.1. The predicted octanol–water partition coefficient (Wildman–Crippen LogP) is 2.14. The van der Waals surface area contributed by atoms with Gasteiger partial charge in [0.25, 0.3) is 0 Å². The van der Waals surface area contributed by atoms with Crippen LogP contribution in [-0.4, -0.2) is 27.4 Å². The van der Waals surface area contributed by atoms with Gasteiger partial charge in [0.2, 0.25) is 10.0 Å². The summed E-state index contributed by atoms with van der Waals surface area (Å²) in [6.07, 6.45) is 3.98. The molecule has 0 aliphatic carbocycles. The van der Waals surface area contributed by atoms with Crippen molar-refractivity contribution < 1.29 is 13.2 Å².